The summed E-state index contributed by atoms with van der Waals surface area (Å²) >= 11 is 0. The van der Waals surface area contributed by atoms with Gasteiger partial charge in [-0.25, -0.2) is 0 Å². The highest BCUT2D eigenvalue weighted by Gasteiger charge is 2.19. The number of hydrogen-bond donors (Lipinski definition) is 1. The van der Waals surface area contributed by atoms with Crippen molar-refractivity contribution in [3.8, 4) is 0 Å². The Morgan fingerprint density at radius 2 is 1.92 bits per heavy atom. The molecule has 1 N–H and O–H groups in total. The van der Waals surface area contributed by atoms with Gasteiger partial charge in [0.1, 0.15) is 6.10 Å². The van der Waals surface area contributed by atoms with E-state index in [1.54, 1.807) is 0 Å². The van der Waals surface area contributed by atoms with E-state index in [0.29, 0.717) is 0 Å². The highest BCUT2D eigenvalue weighted by atomic mass is 16.5. The maximum Gasteiger partial charge on any atom is 0.102 e. The van der Waals surface area contributed by atoms with Gasteiger partial charge in [-0.2, -0.15) is 0 Å². The van der Waals surface area contributed by atoms with E-state index in [2.05, 4.69) is 0 Å². The summed E-state index contributed by atoms with van der Waals surface area (Å²) in [5, 5.41) is 8.85. The molecule has 2 rings (SSSR count). The van der Waals surface area contributed by atoms with E-state index in [0.717, 1.165) is 5.56 Å². The zero-order valence-electron chi connectivity index (χ0n) is 7.26. The van der Waals surface area contributed by atoms with Crippen LogP contribution in [0.15, 0.2) is 42.5 Å². The van der Waals surface area contributed by atoms with Crippen LogP contribution in [0.2, 0.25) is 0 Å². The molecule has 0 saturated carbocycles. The average Bonchev–Trinajstić information content (AvgIpc) is 2.67. The minimum atomic E-state index is -0.134. The minimum absolute atomic E-state index is 0.0124. The molecule has 13 heavy (non-hydrogen) atoms. The second-order valence-electron chi connectivity index (χ2n) is 3.07. The van der Waals surface area contributed by atoms with Gasteiger partial charge < -0.3 is 9.84 Å². The monoisotopic (exact) mass is 176 g/mol. The molecular weight excluding hydrogens is 164 g/mol. The van der Waals surface area contributed by atoms with Crippen LogP contribution in [0.5, 0.6) is 0 Å². The molecule has 0 amide bonds. The topological polar surface area (TPSA) is 29.5 Å². The molecular formula is C11H12O2. The first-order valence-corrected chi connectivity index (χ1v) is 4.40. The molecule has 1 aromatic rings. The maximum atomic E-state index is 8.85. The lowest BCUT2D eigenvalue weighted by Crippen LogP contribution is -2.11. The van der Waals surface area contributed by atoms with E-state index in [1.165, 1.54) is 0 Å². The number of aliphatic hydroxyl groups is 1. The number of ether oxygens (including phenoxy) is 1. The smallest absolute Gasteiger partial charge is 0.102 e. The van der Waals surface area contributed by atoms with Crippen LogP contribution in [0, 0.1) is 0 Å². The standard InChI is InChI=1S/C11H12O2/c12-8-10-6-7-11(13-10)9-4-2-1-3-5-9/h1-7,10-12H,8H2/t10-,11+/m0/s1. The molecule has 2 heteroatoms. The molecule has 0 aliphatic carbocycles. The number of benzene rings is 1. The van der Waals surface area contributed by atoms with Crippen molar-refractivity contribution in [2.45, 2.75) is 12.2 Å². The Balaban J connectivity index is 2.09. The molecule has 2 nitrogen and oxygen atoms in total. The fourth-order valence-corrected chi connectivity index (χ4v) is 1.44. The van der Waals surface area contributed by atoms with Crippen LogP contribution in [0.25, 0.3) is 0 Å². The van der Waals surface area contributed by atoms with Crippen LogP contribution in [0.3, 0.4) is 0 Å². The SMILES string of the molecule is OC[C@@H]1C=C[C@H](c2ccccc2)O1. The van der Waals surface area contributed by atoms with Crippen molar-refractivity contribution in [2.75, 3.05) is 6.61 Å². The minimum Gasteiger partial charge on any atom is -0.393 e. The van der Waals surface area contributed by atoms with Crippen LogP contribution in [-0.4, -0.2) is 17.8 Å². The molecule has 0 saturated heterocycles. The molecule has 68 valence electrons. The van der Waals surface area contributed by atoms with Crippen molar-refractivity contribution in [2.24, 2.45) is 0 Å². The predicted octanol–water partition coefficient (Wildman–Crippen LogP) is 1.68. The molecule has 1 aliphatic heterocycles. The molecule has 0 radical (unpaired) electrons. The first-order chi connectivity index (χ1) is 6.40. The Morgan fingerprint density at radius 3 is 2.54 bits per heavy atom. The molecule has 0 fully saturated rings. The van der Waals surface area contributed by atoms with Crippen molar-refractivity contribution in [3.63, 3.8) is 0 Å². The quantitative estimate of drug-likeness (QED) is 0.694. The Kier molecular flexibility index (Phi) is 2.43. The van der Waals surface area contributed by atoms with Crippen LogP contribution in [-0.2, 0) is 4.74 Å². The number of aliphatic hydroxyl groups excluding tert-OH is 1. The summed E-state index contributed by atoms with van der Waals surface area (Å²) in [5.74, 6) is 0. The van der Waals surface area contributed by atoms with Crippen molar-refractivity contribution in [1.82, 2.24) is 0 Å². The van der Waals surface area contributed by atoms with Crippen molar-refractivity contribution < 1.29 is 9.84 Å². The second kappa shape index (κ2) is 3.73. The van der Waals surface area contributed by atoms with Gasteiger partial charge in [0.15, 0.2) is 0 Å². The zero-order valence-corrected chi connectivity index (χ0v) is 7.26. The van der Waals surface area contributed by atoms with Gasteiger partial charge in [-0.15, -0.1) is 0 Å². The van der Waals surface area contributed by atoms with Gasteiger partial charge in [0.25, 0.3) is 0 Å². The van der Waals surface area contributed by atoms with Gasteiger partial charge in [-0.3, -0.25) is 0 Å². The van der Waals surface area contributed by atoms with Crippen molar-refractivity contribution >= 4 is 0 Å². The van der Waals surface area contributed by atoms with Crippen molar-refractivity contribution in [3.05, 3.63) is 48.0 Å². The second-order valence-corrected chi connectivity index (χ2v) is 3.07. The Bertz CT molecular complexity index is 292. The average molecular weight is 176 g/mol. The largest absolute Gasteiger partial charge is 0.393 e. The first kappa shape index (κ1) is 8.48. The van der Waals surface area contributed by atoms with Crippen LogP contribution in [0.1, 0.15) is 11.7 Å². The van der Waals surface area contributed by atoms with E-state index < -0.39 is 0 Å². The molecule has 0 spiro atoms. The molecule has 1 aromatic carbocycles. The molecule has 1 aliphatic rings. The summed E-state index contributed by atoms with van der Waals surface area (Å²) in [5.41, 5.74) is 1.13. The summed E-state index contributed by atoms with van der Waals surface area (Å²) in [7, 11) is 0. The van der Waals surface area contributed by atoms with E-state index in [-0.39, 0.29) is 18.8 Å². The predicted molar refractivity (Wildman–Crippen MR) is 50.3 cm³/mol. The Labute approximate surface area is 77.5 Å². The third-order valence-corrected chi connectivity index (χ3v) is 2.13. The summed E-state index contributed by atoms with van der Waals surface area (Å²) < 4.78 is 5.54. The van der Waals surface area contributed by atoms with Gasteiger partial charge in [-0.1, -0.05) is 42.5 Å². The lowest BCUT2D eigenvalue weighted by atomic mass is 10.1. The molecule has 0 unspecified atom stereocenters. The first-order valence-electron chi connectivity index (χ1n) is 4.40. The highest BCUT2D eigenvalue weighted by Crippen LogP contribution is 2.25. The van der Waals surface area contributed by atoms with Gasteiger partial charge in [0.05, 0.1) is 12.7 Å². The van der Waals surface area contributed by atoms with Gasteiger partial charge in [0, 0.05) is 0 Å². The Morgan fingerprint density at radius 1 is 1.15 bits per heavy atom. The highest BCUT2D eigenvalue weighted by molar-refractivity contribution is 5.23. The van der Waals surface area contributed by atoms with Crippen LogP contribution < -0.4 is 0 Å². The Hall–Kier alpha value is -1.12. The zero-order chi connectivity index (χ0) is 9.10. The third-order valence-electron chi connectivity index (χ3n) is 2.13. The fourth-order valence-electron chi connectivity index (χ4n) is 1.44. The van der Waals surface area contributed by atoms with Crippen LogP contribution in [0.4, 0.5) is 0 Å². The molecule has 1 heterocycles. The third kappa shape index (κ3) is 1.79. The van der Waals surface area contributed by atoms with E-state index in [1.807, 2.05) is 42.5 Å². The van der Waals surface area contributed by atoms with Gasteiger partial charge >= 0.3 is 0 Å². The van der Waals surface area contributed by atoms with Gasteiger partial charge in [-0.05, 0) is 5.56 Å². The summed E-state index contributed by atoms with van der Waals surface area (Å²) in [4.78, 5) is 0. The van der Waals surface area contributed by atoms with E-state index in [4.69, 9.17) is 9.84 Å². The fraction of sp³-hybridized carbons (Fsp3) is 0.273. The van der Waals surface area contributed by atoms with Crippen LogP contribution >= 0.6 is 0 Å². The van der Waals surface area contributed by atoms with Crippen molar-refractivity contribution in [1.29, 1.82) is 0 Å². The lowest BCUT2D eigenvalue weighted by Gasteiger charge is -2.11. The molecule has 2 atom stereocenters. The molecule has 0 aromatic heterocycles. The molecule has 0 bridgehead atoms. The van der Waals surface area contributed by atoms with Gasteiger partial charge in [0.2, 0.25) is 0 Å². The number of hydrogen-bond acceptors (Lipinski definition) is 2. The van der Waals surface area contributed by atoms with E-state index in [9.17, 15) is 0 Å². The normalized spacial score (nSPS) is 26.5. The number of rotatable bonds is 2. The maximum absolute atomic E-state index is 8.85. The summed E-state index contributed by atoms with van der Waals surface area (Å²) in [6, 6.07) is 9.99. The summed E-state index contributed by atoms with van der Waals surface area (Å²) in [6.07, 6.45) is 3.76. The lowest BCUT2D eigenvalue weighted by molar-refractivity contribution is 0.0252. The summed E-state index contributed by atoms with van der Waals surface area (Å²) in [6.45, 7) is 0.0554. The van der Waals surface area contributed by atoms with E-state index >= 15 is 0 Å².